The lowest BCUT2D eigenvalue weighted by molar-refractivity contribution is -0.140. The van der Waals surface area contributed by atoms with Gasteiger partial charge >= 0.3 is 5.97 Å². The Hall–Kier alpha value is -2.04. The van der Waals surface area contributed by atoms with Gasteiger partial charge in [0.2, 0.25) is 5.91 Å². The molecule has 0 radical (unpaired) electrons. The monoisotopic (exact) mass is 265 g/mol. The molecular formula is C14H19NO4. The molecule has 1 unspecified atom stereocenters. The van der Waals surface area contributed by atoms with Gasteiger partial charge in [-0.2, -0.15) is 0 Å². The maximum Gasteiger partial charge on any atom is 0.308 e. The number of carboxylic acid groups (broad SMARTS) is 1. The van der Waals surface area contributed by atoms with Crippen molar-refractivity contribution in [3.63, 3.8) is 0 Å². The summed E-state index contributed by atoms with van der Waals surface area (Å²) in [6.07, 6.45) is 0. The number of amides is 1. The van der Waals surface area contributed by atoms with Gasteiger partial charge in [0.1, 0.15) is 5.75 Å². The number of methoxy groups -OCH3 is 1. The number of ether oxygens (including phenoxy) is 1. The van der Waals surface area contributed by atoms with Crippen molar-refractivity contribution in [3.8, 4) is 5.75 Å². The number of carboxylic acids is 1. The number of benzene rings is 1. The van der Waals surface area contributed by atoms with Crippen molar-refractivity contribution in [2.45, 2.75) is 20.8 Å². The third-order valence-corrected chi connectivity index (χ3v) is 2.88. The zero-order valence-electron chi connectivity index (χ0n) is 11.6. The highest BCUT2D eigenvalue weighted by molar-refractivity contribution is 5.94. The maximum absolute atomic E-state index is 11.8. The molecule has 1 amide bonds. The highest BCUT2D eigenvalue weighted by atomic mass is 16.5. The molecule has 1 atom stereocenters. The first-order valence-corrected chi connectivity index (χ1v) is 6.02. The second kappa shape index (κ2) is 6.22. The molecule has 0 saturated carbocycles. The van der Waals surface area contributed by atoms with Crippen LogP contribution < -0.4 is 9.64 Å². The summed E-state index contributed by atoms with van der Waals surface area (Å²) in [6, 6.07) is 5.46. The van der Waals surface area contributed by atoms with Gasteiger partial charge in [-0.05, 0) is 24.6 Å². The minimum atomic E-state index is -0.933. The summed E-state index contributed by atoms with van der Waals surface area (Å²) < 4.78 is 5.23. The van der Waals surface area contributed by atoms with Gasteiger partial charge in [-0.1, -0.05) is 13.0 Å². The van der Waals surface area contributed by atoms with Crippen LogP contribution in [0.3, 0.4) is 0 Å². The highest BCUT2D eigenvalue weighted by Crippen LogP contribution is 2.30. The number of anilines is 1. The molecule has 104 valence electrons. The largest absolute Gasteiger partial charge is 0.495 e. The van der Waals surface area contributed by atoms with Crippen LogP contribution in [0, 0.1) is 12.8 Å². The lowest BCUT2D eigenvalue weighted by atomic mass is 10.1. The summed E-state index contributed by atoms with van der Waals surface area (Å²) in [7, 11) is 1.52. The second-order valence-electron chi connectivity index (χ2n) is 4.54. The number of hydrogen-bond acceptors (Lipinski definition) is 3. The van der Waals surface area contributed by atoms with E-state index in [0.29, 0.717) is 11.4 Å². The maximum atomic E-state index is 11.8. The third kappa shape index (κ3) is 3.71. The first kappa shape index (κ1) is 15.0. The van der Waals surface area contributed by atoms with Crippen LogP contribution in [0.25, 0.3) is 0 Å². The van der Waals surface area contributed by atoms with Crippen LogP contribution in [-0.2, 0) is 9.59 Å². The molecule has 5 nitrogen and oxygen atoms in total. The summed E-state index contributed by atoms with van der Waals surface area (Å²) in [5.74, 6) is -1.23. The first-order chi connectivity index (χ1) is 8.86. The number of hydrogen-bond donors (Lipinski definition) is 1. The van der Waals surface area contributed by atoms with Gasteiger partial charge in [0.05, 0.1) is 18.7 Å². The van der Waals surface area contributed by atoms with Crippen LogP contribution in [-0.4, -0.2) is 30.6 Å². The van der Waals surface area contributed by atoms with E-state index in [1.807, 2.05) is 19.1 Å². The van der Waals surface area contributed by atoms with E-state index < -0.39 is 11.9 Å². The summed E-state index contributed by atoms with van der Waals surface area (Å²) in [6.45, 7) is 5.00. The highest BCUT2D eigenvalue weighted by Gasteiger charge is 2.22. The Morgan fingerprint density at radius 1 is 1.42 bits per heavy atom. The van der Waals surface area contributed by atoms with Crippen molar-refractivity contribution in [1.82, 2.24) is 0 Å². The van der Waals surface area contributed by atoms with Gasteiger partial charge in [0, 0.05) is 13.5 Å². The summed E-state index contributed by atoms with van der Waals surface area (Å²) >= 11 is 0. The number of carbonyl (C=O) groups excluding carboxylic acids is 1. The Kier molecular flexibility index (Phi) is 4.92. The molecule has 0 fully saturated rings. The van der Waals surface area contributed by atoms with E-state index in [-0.39, 0.29) is 12.5 Å². The first-order valence-electron chi connectivity index (χ1n) is 6.02. The topological polar surface area (TPSA) is 66.8 Å². The SMILES string of the molecule is COc1ccc(C)cc1N(CC(C)C(=O)O)C(C)=O. The fourth-order valence-electron chi connectivity index (χ4n) is 1.76. The number of rotatable bonds is 5. The minimum absolute atomic E-state index is 0.116. The normalized spacial score (nSPS) is 11.8. The zero-order valence-corrected chi connectivity index (χ0v) is 11.6. The molecule has 5 heteroatoms. The molecule has 1 aromatic carbocycles. The average molecular weight is 265 g/mol. The molecule has 0 saturated heterocycles. The van der Waals surface area contributed by atoms with E-state index in [1.165, 1.54) is 18.9 Å². The number of carbonyl (C=O) groups is 2. The quantitative estimate of drug-likeness (QED) is 0.885. The van der Waals surface area contributed by atoms with Crippen LogP contribution >= 0.6 is 0 Å². The van der Waals surface area contributed by atoms with Crippen LogP contribution in [0.2, 0.25) is 0 Å². The molecule has 0 aliphatic heterocycles. The fraction of sp³-hybridized carbons (Fsp3) is 0.429. The van der Waals surface area contributed by atoms with Crippen molar-refractivity contribution in [1.29, 1.82) is 0 Å². The Morgan fingerprint density at radius 3 is 2.53 bits per heavy atom. The predicted octanol–water partition coefficient (Wildman–Crippen LogP) is 2.08. The smallest absolute Gasteiger partial charge is 0.308 e. The molecule has 0 aromatic heterocycles. The Labute approximate surface area is 112 Å². The molecule has 0 bridgehead atoms. The van der Waals surface area contributed by atoms with E-state index in [2.05, 4.69) is 0 Å². The van der Waals surface area contributed by atoms with E-state index in [9.17, 15) is 9.59 Å². The molecule has 0 heterocycles. The van der Waals surface area contributed by atoms with Gasteiger partial charge in [0.25, 0.3) is 0 Å². The summed E-state index contributed by atoms with van der Waals surface area (Å²) in [5.41, 5.74) is 1.58. The molecule has 0 aliphatic rings. The molecule has 1 rings (SSSR count). The van der Waals surface area contributed by atoms with Crippen molar-refractivity contribution in [2.75, 3.05) is 18.6 Å². The molecule has 0 spiro atoms. The van der Waals surface area contributed by atoms with Crippen LogP contribution in [0.15, 0.2) is 18.2 Å². The van der Waals surface area contributed by atoms with Crippen molar-refractivity contribution in [3.05, 3.63) is 23.8 Å². The van der Waals surface area contributed by atoms with Crippen molar-refractivity contribution < 1.29 is 19.4 Å². The van der Waals surface area contributed by atoms with Gasteiger partial charge in [-0.15, -0.1) is 0 Å². The molecular weight excluding hydrogens is 246 g/mol. The predicted molar refractivity (Wildman–Crippen MR) is 72.6 cm³/mol. The van der Waals surface area contributed by atoms with Crippen LogP contribution in [0.5, 0.6) is 5.75 Å². The van der Waals surface area contributed by atoms with Crippen molar-refractivity contribution in [2.24, 2.45) is 5.92 Å². The fourth-order valence-corrected chi connectivity index (χ4v) is 1.76. The van der Waals surface area contributed by atoms with E-state index in [0.717, 1.165) is 5.56 Å². The van der Waals surface area contributed by atoms with Gasteiger partial charge < -0.3 is 14.7 Å². The second-order valence-corrected chi connectivity index (χ2v) is 4.54. The number of nitrogens with zero attached hydrogens (tertiary/aromatic N) is 1. The minimum Gasteiger partial charge on any atom is -0.495 e. The molecule has 1 N–H and O–H groups in total. The Morgan fingerprint density at radius 2 is 2.05 bits per heavy atom. The Balaban J connectivity index is 3.15. The zero-order chi connectivity index (χ0) is 14.6. The van der Waals surface area contributed by atoms with Crippen LogP contribution in [0.4, 0.5) is 5.69 Å². The standard InChI is InChI=1S/C14H19NO4/c1-9-5-6-13(19-4)12(7-9)15(11(3)16)8-10(2)14(17)18/h5-7,10H,8H2,1-4H3,(H,17,18). The number of aryl methyl sites for hydroxylation is 1. The summed E-state index contributed by atoms with van der Waals surface area (Å²) in [4.78, 5) is 24.1. The Bertz CT molecular complexity index is 484. The van der Waals surface area contributed by atoms with E-state index in [4.69, 9.17) is 9.84 Å². The lowest BCUT2D eigenvalue weighted by Gasteiger charge is -2.25. The number of aliphatic carboxylic acids is 1. The van der Waals surface area contributed by atoms with E-state index >= 15 is 0 Å². The van der Waals surface area contributed by atoms with Gasteiger partial charge in [0.15, 0.2) is 0 Å². The lowest BCUT2D eigenvalue weighted by Crippen LogP contribution is -2.35. The molecule has 19 heavy (non-hydrogen) atoms. The molecule has 1 aromatic rings. The average Bonchev–Trinajstić information content (AvgIpc) is 2.34. The van der Waals surface area contributed by atoms with Crippen LogP contribution in [0.1, 0.15) is 19.4 Å². The summed E-state index contributed by atoms with van der Waals surface area (Å²) in [5, 5.41) is 8.97. The van der Waals surface area contributed by atoms with Crippen molar-refractivity contribution >= 4 is 17.6 Å². The molecule has 0 aliphatic carbocycles. The van der Waals surface area contributed by atoms with Gasteiger partial charge in [-0.25, -0.2) is 0 Å². The van der Waals surface area contributed by atoms with Gasteiger partial charge in [-0.3, -0.25) is 9.59 Å². The van der Waals surface area contributed by atoms with E-state index in [1.54, 1.807) is 13.0 Å². The third-order valence-electron chi connectivity index (χ3n) is 2.88.